The van der Waals surface area contributed by atoms with E-state index in [0.29, 0.717) is 34.1 Å². The summed E-state index contributed by atoms with van der Waals surface area (Å²) in [5.41, 5.74) is 1.95. The van der Waals surface area contributed by atoms with Gasteiger partial charge in [-0.1, -0.05) is 40.2 Å². The van der Waals surface area contributed by atoms with Crippen LogP contribution in [0.1, 0.15) is 54.3 Å². The van der Waals surface area contributed by atoms with E-state index in [1.54, 1.807) is 0 Å². The Morgan fingerprint density at radius 3 is 2.77 bits per heavy atom. The second-order valence-corrected chi connectivity index (χ2v) is 9.61. The molecule has 1 saturated heterocycles. The number of carbonyl (C=O) groups excluding carboxylic acids is 1. The van der Waals surface area contributed by atoms with Crippen molar-refractivity contribution in [1.82, 2.24) is 29.8 Å². The van der Waals surface area contributed by atoms with Crippen molar-refractivity contribution in [1.29, 1.82) is 0 Å². The van der Waals surface area contributed by atoms with Crippen LogP contribution < -0.4 is 0 Å². The van der Waals surface area contributed by atoms with Crippen molar-refractivity contribution < 1.29 is 9.32 Å². The lowest BCUT2D eigenvalue weighted by Gasteiger charge is -2.29. The van der Waals surface area contributed by atoms with Crippen LogP contribution in [0.5, 0.6) is 0 Å². The van der Waals surface area contributed by atoms with Crippen LogP contribution in [0.15, 0.2) is 35.1 Å². The lowest BCUT2D eigenvalue weighted by Crippen LogP contribution is -2.37. The van der Waals surface area contributed by atoms with Crippen LogP contribution in [-0.4, -0.2) is 48.8 Å². The summed E-state index contributed by atoms with van der Waals surface area (Å²) in [6.45, 7) is 5.45. The molecule has 1 amide bonds. The summed E-state index contributed by atoms with van der Waals surface area (Å²) in [6, 6.07) is 6.34. The van der Waals surface area contributed by atoms with Crippen LogP contribution in [0.3, 0.4) is 0 Å². The smallest absolute Gasteiger partial charge is 0.282 e. The molecule has 0 radical (unpaired) electrons. The lowest BCUT2D eigenvalue weighted by molar-refractivity contribution is 0.0704. The summed E-state index contributed by atoms with van der Waals surface area (Å²) in [4.78, 5) is 23.1. The largest absolute Gasteiger partial charge is 0.339 e. The predicted octanol–water partition coefficient (Wildman–Crippen LogP) is 4.80. The summed E-state index contributed by atoms with van der Waals surface area (Å²) in [5.74, 6) is 1.26. The minimum atomic E-state index is -0.0726. The van der Waals surface area contributed by atoms with Gasteiger partial charge in [-0.3, -0.25) is 9.48 Å². The van der Waals surface area contributed by atoms with Gasteiger partial charge in [-0.15, -0.1) is 0 Å². The number of hydrogen-bond acceptors (Lipinski definition) is 7. The summed E-state index contributed by atoms with van der Waals surface area (Å²) in [5, 5.41) is 10.2. The number of likely N-dealkylation sites (tertiary alicyclic amines) is 1. The van der Waals surface area contributed by atoms with Gasteiger partial charge in [0.05, 0.1) is 17.9 Å². The number of piperidine rings is 1. The van der Waals surface area contributed by atoms with Gasteiger partial charge in [-0.2, -0.15) is 10.1 Å². The number of hydrogen-bond donors (Lipinski definition) is 0. The molecule has 8 nitrogen and oxygen atoms in total. The van der Waals surface area contributed by atoms with Gasteiger partial charge < -0.3 is 9.42 Å². The maximum absolute atomic E-state index is 12.6. The molecule has 0 bridgehead atoms. The van der Waals surface area contributed by atoms with E-state index in [1.807, 2.05) is 27.9 Å². The Bertz CT molecular complexity index is 1240. The molecule has 0 aliphatic carbocycles. The lowest BCUT2D eigenvalue weighted by atomic mass is 9.96. The average molecular weight is 457 g/mol. The SMILES string of the molecule is CC(C)n1ncc2ccc(-c3noc(C4CCN(C(=O)c5ncc(Cl)s5)CC4)n3)cc21. The number of fused-ring (bicyclic) bond motifs is 1. The van der Waals surface area contributed by atoms with Gasteiger partial charge in [0.25, 0.3) is 5.91 Å². The zero-order valence-corrected chi connectivity index (χ0v) is 18.7. The van der Waals surface area contributed by atoms with E-state index in [0.717, 1.165) is 29.3 Å². The Kier molecular flexibility index (Phi) is 5.23. The summed E-state index contributed by atoms with van der Waals surface area (Å²) < 4.78 is 8.11. The molecular weight excluding hydrogens is 436 g/mol. The zero-order valence-electron chi connectivity index (χ0n) is 17.2. The molecule has 3 aromatic heterocycles. The third kappa shape index (κ3) is 3.83. The van der Waals surface area contributed by atoms with E-state index in [9.17, 15) is 4.79 Å². The fourth-order valence-electron chi connectivity index (χ4n) is 3.92. The van der Waals surface area contributed by atoms with Crippen molar-refractivity contribution in [2.45, 2.75) is 38.6 Å². The van der Waals surface area contributed by atoms with E-state index in [4.69, 9.17) is 16.1 Å². The number of nitrogens with zero attached hydrogens (tertiary/aromatic N) is 6. The second-order valence-electron chi connectivity index (χ2n) is 7.95. The van der Waals surface area contributed by atoms with Crippen molar-refractivity contribution in [2.75, 3.05) is 13.1 Å². The standard InChI is InChI=1S/C21H21ClN6O2S/c1-12(2)28-16-9-14(3-4-15(16)10-24-28)18-25-19(30-26-18)13-5-7-27(8-6-13)21(29)20-23-11-17(22)31-20/h3-4,9-13H,5-8H2,1-2H3. The Hall–Kier alpha value is -2.78. The first-order valence-corrected chi connectivity index (χ1v) is 11.4. The summed E-state index contributed by atoms with van der Waals surface area (Å²) in [6.07, 6.45) is 4.92. The van der Waals surface area contributed by atoms with Gasteiger partial charge in [0.15, 0.2) is 5.01 Å². The van der Waals surface area contributed by atoms with Crippen LogP contribution in [0.2, 0.25) is 4.34 Å². The van der Waals surface area contributed by atoms with Crippen molar-refractivity contribution in [3.63, 3.8) is 0 Å². The maximum Gasteiger partial charge on any atom is 0.282 e. The van der Waals surface area contributed by atoms with Gasteiger partial charge >= 0.3 is 0 Å². The van der Waals surface area contributed by atoms with Gasteiger partial charge in [0.2, 0.25) is 11.7 Å². The van der Waals surface area contributed by atoms with Crippen LogP contribution in [0.25, 0.3) is 22.3 Å². The predicted molar refractivity (Wildman–Crippen MR) is 118 cm³/mol. The van der Waals surface area contributed by atoms with Crippen LogP contribution >= 0.6 is 22.9 Å². The highest BCUT2D eigenvalue weighted by Crippen LogP contribution is 2.31. The molecule has 10 heteroatoms. The van der Waals surface area contributed by atoms with Crippen molar-refractivity contribution in [3.05, 3.63) is 45.8 Å². The molecule has 0 N–H and O–H groups in total. The molecule has 160 valence electrons. The molecule has 1 aliphatic heterocycles. The molecule has 0 spiro atoms. The Morgan fingerprint density at radius 1 is 1.26 bits per heavy atom. The Morgan fingerprint density at radius 2 is 2.06 bits per heavy atom. The number of carbonyl (C=O) groups is 1. The van der Waals surface area contributed by atoms with E-state index in [2.05, 4.69) is 40.1 Å². The van der Waals surface area contributed by atoms with Gasteiger partial charge in [0, 0.05) is 36.0 Å². The number of halogens is 1. The number of thiazole rings is 1. The van der Waals surface area contributed by atoms with E-state index in [-0.39, 0.29) is 17.9 Å². The summed E-state index contributed by atoms with van der Waals surface area (Å²) >= 11 is 7.11. The number of rotatable bonds is 4. The molecule has 4 heterocycles. The van der Waals surface area contributed by atoms with Crippen LogP contribution in [0, 0.1) is 0 Å². The van der Waals surface area contributed by atoms with E-state index < -0.39 is 0 Å². The third-order valence-corrected chi connectivity index (χ3v) is 6.68. The fraction of sp³-hybridized carbons (Fsp3) is 0.381. The molecule has 1 aromatic carbocycles. The number of amides is 1. The van der Waals surface area contributed by atoms with E-state index in [1.165, 1.54) is 17.5 Å². The molecule has 1 aliphatic rings. The van der Waals surface area contributed by atoms with E-state index >= 15 is 0 Å². The number of benzene rings is 1. The number of aromatic nitrogens is 5. The van der Waals surface area contributed by atoms with Gasteiger partial charge in [0.1, 0.15) is 4.34 Å². The first-order valence-electron chi connectivity index (χ1n) is 10.2. The molecule has 1 fully saturated rings. The Labute approximate surface area is 187 Å². The molecule has 4 aromatic rings. The minimum absolute atomic E-state index is 0.0726. The first-order chi connectivity index (χ1) is 15.0. The highest BCUT2D eigenvalue weighted by atomic mass is 35.5. The zero-order chi connectivity index (χ0) is 21.5. The van der Waals surface area contributed by atoms with Gasteiger partial charge in [-0.05, 0) is 32.8 Å². The summed E-state index contributed by atoms with van der Waals surface area (Å²) in [7, 11) is 0. The second kappa shape index (κ2) is 8.05. The third-order valence-electron chi connectivity index (χ3n) is 5.58. The first kappa shape index (κ1) is 20.1. The molecule has 0 unspecified atom stereocenters. The highest BCUT2D eigenvalue weighted by Gasteiger charge is 2.29. The molecular formula is C21H21ClN6O2S. The fourth-order valence-corrected chi connectivity index (χ4v) is 4.80. The van der Waals surface area contributed by atoms with Crippen LogP contribution in [-0.2, 0) is 0 Å². The molecule has 0 atom stereocenters. The topological polar surface area (TPSA) is 89.9 Å². The average Bonchev–Trinajstić information content (AvgIpc) is 3.52. The quantitative estimate of drug-likeness (QED) is 0.438. The van der Waals surface area contributed by atoms with Crippen LogP contribution in [0.4, 0.5) is 0 Å². The monoisotopic (exact) mass is 456 g/mol. The van der Waals surface area contributed by atoms with Crippen molar-refractivity contribution in [2.24, 2.45) is 0 Å². The maximum atomic E-state index is 12.6. The molecule has 31 heavy (non-hydrogen) atoms. The molecule has 0 saturated carbocycles. The minimum Gasteiger partial charge on any atom is -0.339 e. The van der Waals surface area contributed by atoms with Gasteiger partial charge in [-0.25, -0.2) is 4.98 Å². The van der Waals surface area contributed by atoms with Crippen molar-refractivity contribution >= 4 is 39.7 Å². The normalized spacial score (nSPS) is 15.3. The van der Waals surface area contributed by atoms with Crippen molar-refractivity contribution in [3.8, 4) is 11.4 Å². The Balaban J connectivity index is 1.30. The molecule has 5 rings (SSSR count). The highest BCUT2D eigenvalue weighted by molar-refractivity contribution is 7.17.